The molecule has 0 atom stereocenters. The first-order valence-electron chi connectivity index (χ1n) is 7.33. The number of methoxy groups -OCH3 is 1. The zero-order valence-electron chi connectivity index (χ0n) is 13.3. The Morgan fingerprint density at radius 3 is 2.61 bits per heavy atom. The van der Waals surface area contributed by atoms with Gasteiger partial charge in [-0.15, -0.1) is 12.4 Å². The van der Waals surface area contributed by atoms with Crippen molar-refractivity contribution in [3.63, 3.8) is 0 Å². The number of nitro groups is 1. The van der Waals surface area contributed by atoms with Gasteiger partial charge in [0.25, 0.3) is 11.6 Å². The van der Waals surface area contributed by atoms with Gasteiger partial charge in [-0.05, 0) is 38.4 Å². The van der Waals surface area contributed by atoms with Gasteiger partial charge in [0.2, 0.25) is 0 Å². The van der Waals surface area contributed by atoms with E-state index in [0.29, 0.717) is 24.8 Å². The number of carbonyl (C=O) groups is 1. The number of carbonyl (C=O) groups excluding carboxylic acids is 1. The lowest BCUT2D eigenvalue weighted by atomic mass is 9.96. The van der Waals surface area contributed by atoms with Crippen LogP contribution in [0.3, 0.4) is 0 Å². The molecule has 8 heteroatoms. The van der Waals surface area contributed by atoms with E-state index in [1.165, 1.54) is 25.3 Å². The summed E-state index contributed by atoms with van der Waals surface area (Å²) >= 11 is 0. The van der Waals surface area contributed by atoms with E-state index in [0.717, 1.165) is 19.4 Å². The number of nitrogens with one attached hydrogen (secondary N) is 1. The van der Waals surface area contributed by atoms with Crippen LogP contribution in [0.5, 0.6) is 5.75 Å². The summed E-state index contributed by atoms with van der Waals surface area (Å²) in [6.45, 7) is 2.27. The smallest absolute Gasteiger partial charge is 0.270 e. The third-order valence-corrected chi connectivity index (χ3v) is 4.02. The minimum absolute atomic E-state index is 0. The van der Waals surface area contributed by atoms with Crippen LogP contribution >= 0.6 is 12.4 Å². The zero-order valence-corrected chi connectivity index (χ0v) is 14.1. The molecule has 1 aromatic rings. The van der Waals surface area contributed by atoms with E-state index >= 15 is 0 Å². The average Bonchev–Trinajstić information content (AvgIpc) is 2.54. The molecule has 1 saturated heterocycles. The van der Waals surface area contributed by atoms with Crippen LogP contribution in [0.25, 0.3) is 0 Å². The van der Waals surface area contributed by atoms with Crippen LogP contribution in [0.1, 0.15) is 23.2 Å². The van der Waals surface area contributed by atoms with Gasteiger partial charge in [-0.3, -0.25) is 14.9 Å². The van der Waals surface area contributed by atoms with Gasteiger partial charge in [0.15, 0.2) is 0 Å². The fraction of sp³-hybridized carbons (Fsp3) is 0.533. The van der Waals surface area contributed by atoms with Gasteiger partial charge < -0.3 is 15.0 Å². The summed E-state index contributed by atoms with van der Waals surface area (Å²) < 4.78 is 5.17. The largest absolute Gasteiger partial charge is 0.496 e. The van der Waals surface area contributed by atoms with E-state index in [2.05, 4.69) is 5.32 Å². The number of nitro benzene ring substituents is 1. The molecule has 0 unspecified atom stereocenters. The monoisotopic (exact) mass is 343 g/mol. The summed E-state index contributed by atoms with van der Waals surface area (Å²) in [5, 5.41) is 14.1. The third-order valence-electron chi connectivity index (χ3n) is 4.02. The first kappa shape index (κ1) is 19.2. The maximum absolute atomic E-state index is 12.6. The normalized spacial score (nSPS) is 15.0. The lowest BCUT2D eigenvalue weighted by Gasteiger charge is -2.32. The summed E-state index contributed by atoms with van der Waals surface area (Å²) in [5.41, 5.74) is 0.151. The summed E-state index contributed by atoms with van der Waals surface area (Å²) in [7, 11) is 3.38. The highest BCUT2D eigenvalue weighted by Gasteiger charge is 2.26. The Balaban J connectivity index is 0.00000264. The summed E-state index contributed by atoms with van der Waals surface area (Å²) in [6, 6.07) is 4.11. The van der Waals surface area contributed by atoms with Crippen molar-refractivity contribution < 1.29 is 14.5 Å². The fourth-order valence-corrected chi connectivity index (χ4v) is 2.78. The topological polar surface area (TPSA) is 84.7 Å². The molecule has 0 radical (unpaired) electrons. The molecule has 0 spiro atoms. The minimum atomic E-state index is -0.505. The van der Waals surface area contributed by atoms with E-state index in [-0.39, 0.29) is 29.6 Å². The Kier molecular flexibility index (Phi) is 7.25. The minimum Gasteiger partial charge on any atom is -0.496 e. The lowest BCUT2D eigenvalue weighted by Crippen LogP contribution is -2.40. The molecule has 1 aromatic carbocycles. The van der Waals surface area contributed by atoms with Crippen molar-refractivity contribution in [3.05, 3.63) is 33.9 Å². The molecule has 7 nitrogen and oxygen atoms in total. The highest BCUT2D eigenvalue weighted by molar-refractivity contribution is 5.97. The number of ether oxygens (including phenoxy) is 1. The van der Waals surface area contributed by atoms with E-state index in [4.69, 9.17) is 4.74 Å². The van der Waals surface area contributed by atoms with Gasteiger partial charge in [0.05, 0.1) is 17.6 Å². The number of hydrogen-bond donors (Lipinski definition) is 1. The number of hydrogen-bond acceptors (Lipinski definition) is 5. The molecule has 0 bridgehead atoms. The summed E-state index contributed by atoms with van der Waals surface area (Å²) in [4.78, 5) is 24.8. The summed E-state index contributed by atoms with van der Waals surface area (Å²) in [6.07, 6.45) is 1.87. The summed E-state index contributed by atoms with van der Waals surface area (Å²) in [5.74, 6) is 0.734. The average molecular weight is 344 g/mol. The van der Waals surface area contributed by atoms with E-state index in [1.54, 1.807) is 4.90 Å². The van der Waals surface area contributed by atoms with Crippen LogP contribution in [-0.4, -0.2) is 49.5 Å². The van der Waals surface area contributed by atoms with Crippen molar-refractivity contribution in [1.82, 2.24) is 10.2 Å². The van der Waals surface area contributed by atoms with Gasteiger partial charge >= 0.3 is 0 Å². The Labute approximate surface area is 141 Å². The number of piperidine rings is 1. The van der Waals surface area contributed by atoms with E-state index in [1.807, 2.05) is 7.05 Å². The lowest BCUT2D eigenvalue weighted by molar-refractivity contribution is -0.384. The number of amides is 1. The van der Waals surface area contributed by atoms with Crippen LogP contribution < -0.4 is 10.1 Å². The predicted molar refractivity (Wildman–Crippen MR) is 89.5 cm³/mol. The second kappa shape index (κ2) is 8.69. The molecule has 0 aromatic heterocycles. The molecular weight excluding hydrogens is 322 g/mol. The molecule has 1 aliphatic rings. The number of rotatable bonds is 5. The van der Waals surface area contributed by atoms with Gasteiger partial charge in [0, 0.05) is 25.2 Å². The molecule has 0 aliphatic carbocycles. The SMILES string of the molecule is CNCC1CCN(C(=O)c2cc([N+](=O)[O-])ccc2OC)CC1.Cl. The maximum atomic E-state index is 12.6. The van der Waals surface area contributed by atoms with Crippen molar-refractivity contribution in [1.29, 1.82) is 0 Å². The highest BCUT2D eigenvalue weighted by Crippen LogP contribution is 2.27. The molecule has 23 heavy (non-hydrogen) atoms. The zero-order chi connectivity index (χ0) is 16.1. The van der Waals surface area contributed by atoms with Gasteiger partial charge in [-0.25, -0.2) is 0 Å². The molecule has 1 fully saturated rings. The second-order valence-corrected chi connectivity index (χ2v) is 5.43. The molecule has 2 rings (SSSR count). The van der Waals surface area contributed by atoms with Crippen LogP contribution in [0.4, 0.5) is 5.69 Å². The molecule has 128 valence electrons. The molecule has 1 aliphatic heterocycles. The van der Waals surface area contributed by atoms with Crippen molar-refractivity contribution in [2.24, 2.45) is 5.92 Å². The maximum Gasteiger partial charge on any atom is 0.270 e. The van der Waals surface area contributed by atoms with Gasteiger partial charge in [-0.2, -0.15) is 0 Å². The number of benzene rings is 1. The van der Waals surface area contributed by atoms with Crippen LogP contribution in [0.15, 0.2) is 18.2 Å². The van der Waals surface area contributed by atoms with Crippen molar-refractivity contribution in [3.8, 4) is 5.75 Å². The second-order valence-electron chi connectivity index (χ2n) is 5.43. The van der Waals surface area contributed by atoms with Crippen LogP contribution in [0, 0.1) is 16.0 Å². The first-order valence-corrected chi connectivity index (χ1v) is 7.33. The van der Waals surface area contributed by atoms with Crippen molar-refractivity contribution in [2.45, 2.75) is 12.8 Å². The Bertz CT molecular complexity index is 560. The number of non-ortho nitro benzene ring substituents is 1. The Hall–Kier alpha value is -1.86. The van der Waals surface area contributed by atoms with Gasteiger partial charge in [0.1, 0.15) is 5.75 Å². The van der Waals surface area contributed by atoms with Crippen LogP contribution in [-0.2, 0) is 0 Å². The quantitative estimate of drug-likeness (QED) is 0.653. The van der Waals surface area contributed by atoms with Crippen molar-refractivity contribution in [2.75, 3.05) is 33.8 Å². The molecule has 1 amide bonds. The van der Waals surface area contributed by atoms with E-state index < -0.39 is 4.92 Å². The van der Waals surface area contributed by atoms with Gasteiger partial charge in [-0.1, -0.05) is 0 Å². The fourth-order valence-electron chi connectivity index (χ4n) is 2.78. The Morgan fingerprint density at radius 2 is 2.09 bits per heavy atom. The molecule has 1 N–H and O–H groups in total. The van der Waals surface area contributed by atoms with E-state index in [9.17, 15) is 14.9 Å². The van der Waals surface area contributed by atoms with Crippen LogP contribution in [0.2, 0.25) is 0 Å². The molecule has 0 saturated carbocycles. The first-order chi connectivity index (χ1) is 10.6. The standard InChI is InChI=1S/C15H21N3O4.ClH/c1-16-10-11-5-7-17(8-6-11)15(19)13-9-12(18(20)21)3-4-14(13)22-2;/h3-4,9,11,16H,5-8,10H2,1-2H3;1H. The highest BCUT2D eigenvalue weighted by atomic mass is 35.5. The van der Waals surface area contributed by atoms with Crippen molar-refractivity contribution >= 4 is 24.0 Å². The number of likely N-dealkylation sites (tertiary alicyclic amines) is 1. The molecule has 1 heterocycles. The Morgan fingerprint density at radius 1 is 1.43 bits per heavy atom. The molecular formula is C15H22ClN3O4. The third kappa shape index (κ3) is 4.56. The number of halogens is 1. The predicted octanol–water partition coefficient (Wildman–Crippen LogP) is 2.10. The number of nitrogens with zero attached hydrogens (tertiary/aromatic N) is 2.